The minimum Gasteiger partial charge on any atom is -0.321 e. The summed E-state index contributed by atoms with van der Waals surface area (Å²) in [6.45, 7) is 1.92. The van der Waals surface area contributed by atoms with Crippen LogP contribution in [-0.4, -0.2) is 25.7 Å². The Hall–Kier alpha value is -3.00. The maximum Gasteiger partial charge on any atom is 0.265 e. The first-order chi connectivity index (χ1) is 11.5. The van der Waals surface area contributed by atoms with Crippen LogP contribution in [0, 0.1) is 6.92 Å². The van der Waals surface area contributed by atoms with Gasteiger partial charge in [-0.3, -0.25) is 14.3 Å². The number of rotatable bonds is 2. The maximum absolute atomic E-state index is 12.5. The Kier molecular flexibility index (Phi) is 3.20. The third-order valence-corrected chi connectivity index (χ3v) is 5.02. The molecule has 0 aliphatic carbocycles. The lowest BCUT2D eigenvalue weighted by Crippen LogP contribution is -2.11. The second kappa shape index (κ2) is 5.27. The molecule has 0 unspecified atom stereocenters. The predicted molar refractivity (Wildman–Crippen MR) is 93.6 cm³/mol. The number of H-pyrrole nitrogens is 1. The molecule has 0 radical (unpaired) electrons. The van der Waals surface area contributed by atoms with E-state index in [1.807, 2.05) is 20.0 Å². The summed E-state index contributed by atoms with van der Waals surface area (Å²) >= 11 is 1.39. The molecule has 120 valence electrons. The monoisotopic (exact) mass is 339 g/mol. The molecule has 1 aromatic carbocycles. The van der Waals surface area contributed by atoms with Crippen molar-refractivity contribution in [2.75, 3.05) is 5.32 Å². The van der Waals surface area contributed by atoms with Crippen LogP contribution in [0.15, 0.2) is 35.4 Å². The van der Waals surface area contributed by atoms with Gasteiger partial charge in [0.05, 0.1) is 27.8 Å². The summed E-state index contributed by atoms with van der Waals surface area (Å²) in [7, 11) is 1.86. The van der Waals surface area contributed by atoms with Crippen LogP contribution in [0.4, 0.5) is 5.69 Å². The van der Waals surface area contributed by atoms with E-state index in [2.05, 4.69) is 20.4 Å². The Labute approximate surface area is 140 Å². The fourth-order valence-corrected chi connectivity index (χ4v) is 3.67. The zero-order chi connectivity index (χ0) is 16.8. The van der Waals surface area contributed by atoms with Crippen molar-refractivity contribution in [2.24, 2.45) is 7.05 Å². The van der Waals surface area contributed by atoms with Gasteiger partial charge in [-0.25, -0.2) is 4.98 Å². The number of anilines is 1. The molecule has 3 aromatic heterocycles. The standard InChI is InChI=1S/C16H13N5O2S/c1-8-10-6-13(24-16(10)21(2)20-8)15(23)19-9-3-4-12-11(5-9)14(22)18-7-17-12/h3-7H,1-2H3,(H,19,23)(H,17,18,22). The van der Waals surface area contributed by atoms with Crippen molar-refractivity contribution in [1.82, 2.24) is 19.7 Å². The summed E-state index contributed by atoms with van der Waals surface area (Å²) in [5, 5.41) is 8.57. The minimum absolute atomic E-state index is 0.213. The molecule has 4 rings (SSSR count). The summed E-state index contributed by atoms with van der Waals surface area (Å²) in [5.74, 6) is -0.213. The first kappa shape index (κ1) is 14.6. The van der Waals surface area contributed by atoms with Crippen molar-refractivity contribution in [3.8, 4) is 0 Å². The van der Waals surface area contributed by atoms with Gasteiger partial charge < -0.3 is 10.3 Å². The number of amides is 1. The number of hydrogen-bond donors (Lipinski definition) is 2. The fraction of sp³-hybridized carbons (Fsp3) is 0.125. The molecule has 0 aliphatic heterocycles. The second-order valence-corrected chi connectivity index (χ2v) is 6.49. The van der Waals surface area contributed by atoms with Crippen LogP contribution in [0.25, 0.3) is 21.1 Å². The molecule has 0 saturated heterocycles. The van der Waals surface area contributed by atoms with Crippen LogP contribution in [0.1, 0.15) is 15.4 Å². The van der Waals surface area contributed by atoms with E-state index < -0.39 is 0 Å². The van der Waals surface area contributed by atoms with E-state index in [1.54, 1.807) is 22.9 Å². The molecule has 0 aliphatic rings. The van der Waals surface area contributed by atoms with Crippen LogP contribution in [-0.2, 0) is 7.05 Å². The zero-order valence-electron chi connectivity index (χ0n) is 13.0. The summed E-state index contributed by atoms with van der Waals surface area (Å²) in [5.41, 5.74) is 1.80. The Morgan fingerprint density at radius 2 is 2.12 bits per heavy atom. The predicted octanol–water partition coefficient (Wildman–Crippen LogP) is 2.43. The van der Waals surface area contributed by atoms with Crippen molar-refractivity contribution in [1.29, 1.82) is 0 Å². The van der Waals surface area contributed by atoms with Crippen molar-refractivity contribution in [3.05, 3.63) is 51.5 Å². The quantitative estimate of drug-likeness (QED) is 0.586. The highest BCUT2D eigenvalue weighted by Crippen LogP contribution is 2.28. The Morgan fingerprint density at radius 3 is 2.92 bits per heavy atom. The van der Waals surface area contributed by atoms with Gasteiger partial charge in [-0.1, -0.05) is 0 Å². The number of hydrogen-bond acceptors (Lipinski definition) is 5. The Morgan fingerprint density at radius 1 is 1.29 bits per heavy atom. The normalized spacial score (nSPS) is 11.2. The van der Waals surface area contributed by atoms with Gasteiger partial charge in [0.1, 0.15) is 4.83 Å². The Bertz CT molecular complexity index is 1120. The molecule has 7 nitrogen and oxygen atoms in total. The molecular formula is C16H13N5O2S. The average Bonchev–Trinajstić information content (AvgIpc) is 3.10. The van der Waals surface area contributed by atoms with Crippen LogP contribution in [0.2, 0.25) is 0 Å². The Balaban J connectivity index is 1.68. The molecule has 4 aromatic rings. The highest BCUT2D eigenvalue weighted by Gasteiger charge is 2.15. The first-order valence-corrected chi connectivity index (χ1v) is 8.06. The third-order valence-electron chi connectivity index (χ3n) is 3.82. The summed E-state index contributed by atoms with van der Waals surface area (Å²) in [6, 6.07) is 6.90. The number of fused-ring (bicyclic) bond motifs is 2. The largest absolute Gasteiger partial charge is 0.321 e. The molecule has 2 N–H and O–H groups in total. The van der Waals surface area contributed by atoms with Gasteiger partial charge in [-0.15, -0.1) is 11.3 Å². The zero-order valence-corrected chi connectivity index (χ0v) is 13.8. The van der Waals surface area contributed by atoms with E-state index in [-0.39, 0.29) is 11.5 Å². The van der Waals surface area contributed by atoms with Crippen molar-refractivity contribution in [2.45, 2.75) is 6.92 Å². The number of nitrogens with one attached hydrogen (secondary N) is 2. The van der Waals surface area contributed by atoms with E-state index in [9.17, 15) is 9.59 Å². The number of aromatic amines is 1. The molecule has 8 heteroatoms. The number of aryl methyl sites for hydroxylation is 2. The summed E-state index contributed by atoms with van der Waals surface area (Å²) in [4.78, 5) is 32.5. The molecule has 0 saturated carbocycles. The summed E-state index contributed by atoms with van der Waals surface area (Å²) < 4.78 is 1.77. The molecule has 0 fully saturated rings. The van der Waals surface area contributed by atoms with Crippen molar-refractivity contribution in [3.63, 3.8) is 0 Å². The van der Waals surface area contributed by atoms with Crippen molar-refractivity contribution < 1.29 is 4.79 Å². The molecule has 0 atom stereocenters. The van der Waals surface area contributed by atoms with E-state index in [4.69, 9.17) is 0 Å². The highest BCUT2D eigenvalue weighted by molar-refractivity contribution is 7.20. The lowest BCUT2D eigenvalue weighted by atomic mass is 10.2. The second-order valence-electron chi connectivity index (χ2n) is 5.46. The molecular weight excluding hydrogens is 326 g/mol. The number of thiophene rings is 1. The van der Waals surface area contributed by atoms with Crippen LogP contribution >= 0.6 is 11.3 Å². The van der Waals surface area contributed by atoms with E-state index in [1.165, 1.54) is 17.7 Å². The minimum atomic E-state index is -0.236. The van der Waals surface area contributed by atoms with Gasteiger partial charge >= 0.3 is 0 Å². The van der Waals surface area contributed by atoms with Gasteiger partial charge in [-0.2, -0.15) is 5.10 Å². The molecule has 24 heavy (non-hydrogen) atoms. The van der Waals surface area contributed by atoms with E-state index in [0.717, 1.165) is 15.9 Å². The van der Waals surface area contributed by atoms with Gasteiger partial charge in [0.25, 0.3) is 11.5 Å². The number of aromatic nitrogens is 4. The lowest BCUT2D eigenvalue weighted by molar-refractivity contribution is 0.103. The van der Waals surface area contributed by atoms with Crippen molar-refractivity contribution >= 4 is 44.1 Å². The van der Waals surface area contributed by atoms with Crippen LogP contribution in [0.5, 0.6) is 0 Å². The topological polar surface area (TPSA) is 92.7 Å². The average molecular weight is 339 g/mol. The number of benzene rings is 1. The van der Waals surface area contributed by atoms with Gasteiger partial charge in [0, 0.05) is 18.1 Å². The molecule has 3 heterocycles. The number of nitrogens with zero attached hydrogens (tertiary/aromatic N) is 3. The van der Waals surface area contributed by atoms with Gasteiger partial charge in [0.15, 0.2) is 0 Å². The SMILES string of the molecule is Cc1nn(C)c2sc(C(=O)Nc3ccc4nc[nH]c(=O)c4c3)cc12. The van der Waals surface area contributed by atoms with E-state index in [0.29, 0.717) is 21.5 Å². The molecule has 0 bridgehead atoms. The molecule has 1 amide bonds. The first-order valence-electron chi connectivity index (χ1n) is 7.25. The van der Waals surface area contributed by atoms with Gasteiger partial charge in [0.2, 0.25) is 0 Å². The smallest absolute Gasteiger partial charge is 0.265 e. The molecule has 0 spiro atoms. The van der Waals surface area contributed by atoms with E-state index >= 15 is 0 Å². The highest BCUT2D eigenvalue weighted by atomic mass is 32.1. The number of carbonyl (C=O) groups excluding carboxylic acids is 1. The maximum atomic E-state index is 12.5. The fourth-order valence-electron chi connectivity index (χ4n) is 2.66. The van der Waals surface area contributed by atoms with Crippen LogP contribution < -0.4 is 10.9 Å². The lowest BCUT2D eigenvalue weighted by Gasteiger charge is -2.04. The summed E-state index contributed by atoms with van der Waals surface area (Å²) in [6.07, 6.45) is 1.36. The van der Waals surface area contributed by atoms with Gasteiger partial charge in [-0.05, 0) is 31.2 Å². The number of carbonyl (C=O) groups is 1. The third kappa shape index (κ3) is 2.28. The van der Waals surface area contributed by atoms with Crippen LogP contribution in [0.3, 0.4) is 0 Å².